The van der Waals surface area contributed by atoms with E-state index in [1.165, 1.54) is 12.1 Å². The van der Waals surface area contributed by atoms with Crippen molar-refractivity contribution in [2.24, 2.45) is 0 Å². The molecule has 0 amide bonds. The Morgan fingerprint density at radius 3 is 2.64 bits per heavy atom. The lowest BCUT2D eigenvalue weighted by atomic mass is 9.90. The Bertz CT molecular complexity index is 683. The molecule has 0 spiro atoms. The van der Waals surface area contributed by atoms with E-state index >= 15 is 0 Å². The first-order chi connectivity index (χ1) is 10.6. The Morgan fingerprint density at radius 1 is 1.14 bits per heavy atom. The number of fused-ring (bicyclic) bond motifs is 1. The van der Waals surface area contributed by atoms with Crippen LogP contribution in [0.2, 0.25) is 0 Å². The van der Waals surface area contributed by atoms with Gasteiger partial charge in [0.2, 0.25) is 10.0 Å². The Morgan fingerprint density at radius 2 is 1.86 bits per heavy atom. The van der Waals surface area contributed by atoms with Gasteiger partial charge in [-0.05, 0) is 31.4 Å². The number of hydrogen-bond donors (Lipinski definition) is 1. The zero-order valence-electron chi connectivity index (χ0n) is 12.1. The lowest BCUT2D eigenvalue weighted by Gasteiger charge is -2.38. The molecule has 1 aliphatic carbocycles. The van der Waals surface area contributed by atoms with E-state index < -0.39 is 10.0 Å². The van der Waals surface area contributed by atoms with Crippen molar-refractivity contribution < 1.29 is 17.9 Å². The van der Waals surface area contributed by atoms with E-state index in [1.807, 2.05) is 6.07 Å². The van der Waals surface area contributed by atoms with Gasteiger partial charge in [0.15, 0.2) is 0 Å². The smallest absolute Gasteiger partial charge is 0.242 e. The number of benzene rings is 1. The highest BCUT2D eigenvalue weighted by molar-refractivity contribution is 7.89. The first-order valence-corrected chi connectivity index (χ1v) is 8.83. The average Bonchev–Trinajstić information content (AvgIpc) is 2.54. The maximum Gasteiger partial charge on any atom is 0.242 e. The summed E-state index contributed by atoms with van der Waals surface area (Å²) in [7, 11) is -3.71. The van der Waals surface area contributed by atoms with E-state index in [4.69, 9.17) is 14.7 Å². The van der Waals surface area contributed by atoms with Crippen molar-refractivity contribution >= 4 is 10.0 Å². The Labute approximate surface area is 130 Å². The maximum absolute atomic E-state index is 12.5. The summed E-state index contributed by atoms with van der Waals surface area (Å²) in [5, 5.41) is 9.06. The number of nitriles is 1. The van der Waals surface area contributed by atoms with Crippen LogP contribution in [0.25, 0.3) is 0 Å². The van der Waals surface area contributed by atoms with Crippen LogP contribution in [0.15, 0.2) is 29.2 Å². The molecule has 6 nitrogen and oxygen atoms in total. The minimum Gasteiger partial charge on any atom is -0.373 e. The topological polar surface area (TPSA) is 88.4 Å². The molecule has 3 unspecified atom stereocenters. The highest BCUT2D eigenvalue weighted by Gasteiger charge is 2.36. The molecular formula is C15H18N2O4S. The normalized spacial score (nSPS) is 28.6. The van der Waals surface area contributed by atoms with Crippen molar-refractivity contribution in [3.63, 3.8) is 0 Å². The summed E-state index contributed by atoms with van der Waals surface area (Å²) in [4.78, 5) is 0.0282. The first-order valence-electron chi connectivity index (χ1n) is 7.35. The van der Waals surface area contributed by atoms with E-state index in [2.05, 4.69) is 4.72 Å². The largest absolute Gasteiger partial charge is 0.373 e. The van der Waals surface area contributed by atoms with Gasteiger partial charge in [0.25, 0.3) is 0 Å². The van der Waals surface area contributed by atoms with Crippen molar-refractivity contribution in [1.82, 2.24) is 4.72 Å². The molecule has 1 aliphatic heterocycles. The number of rotatable bonds is 3. The van der Waals surface area contributed by atoms with Gasteiger partial charge in [-0.3, -0.25) is 0 Å². The highest BCUT2D eigenvalue weighted by Crippen LogP contribution is 2.28. The van der Waals surface area contributed by atoms with E-state index in [0.29, 0.717) is 26.1 Å². The molecule has 1 saturated heterocycles. The van der Waals surface area contributed by atoms with Crippen LogP contribution in [0.5, 0.6) is 0 Å². The van der Waals surface area contributed by atoms with Gasteiger partial charge < -0.3 is 9.47 Å². The molecule has 0 aromatic heterocycles. The Hall–Kier alpha value is -1.46. The first kappa shape index (κ1) is 15.4. The molecule has 1 N–H and O–H groups in total. The predicted molar refractivity (Wildman–Crippen MR) is 78.6 cm³/mol. The lowest BCUT2D eigenvalue weighted by molar-refractivity contribution is -0.156. The molecule has 1 aromatic carbocycles. The molecule has 22 heavy (non-hydrogen) atoms. The summed E-state index contributed by atoms with van der Waals surface area (Å²) >= 11 is 0. The second-order valence-corrected chi connectivity index (χ2v) is 7.24. The van der Waals surface area contributed by atoms with Crippen molar-refractivity contribution in [3.8, 4) is 6.07 Å². The molecule has 1 aromatic rings. The second kappa shape index (κ2) is 6.34. The zero-order chi connectivity index (χ0) is 15.6. The van der Waals surface area contributed by atoms with Crippen LogP contribution in [0, 0.1) is 11.3 Å². The summed E-state index contributed by atoms with van der Waals surface area (Å²) in [6.07, 6.45) is 2.09. The molecular weight excluding hydrogens is 304 g/mol. The van der Waals surface area contributed by atoms with Crippen molar-refractivity contribution in [3.05, 3.63) is 29.8 Å². The molecule has 3 atom stereocenters. The molecule has 2 aliphatic rings. The standard InChI is InChI=1S/C15H18N2O4S/c16-10-11-3-1-2-4-15(11)22(18,19)17-12-5-6-13-14(9-12)21-8-7-20-13/h1-4,12-14,17H,5-9H2. The maximum atomic E-state index is 12.5. The van der Waals surface area contributed by atoms with Crippen LogP contribution in [-0.4, -0.2) is 39.9 Å². The SMILES string of the molecule is N#Cc1ccccc1S(=O)(=O)NC1CCC2OCCOC2C1. The third-order valence-corrected chi connectivity index (χ3v) is 5.68. The molecule has 0 bridgehead atoms. The fraction of sp³-hybridized carbons (Fsp3) is 0.533. The van der Waals surface area contributed by atoms with E-state index in [-0.39, 0.29) is 28.7 Å². The highest BCUT2D eigenvalue weighted by atomic mass is 32.2. The van der Waals surface area contributed by atoms with Gasteiger partial charge in [-0.2, -0.15) is 5.26 Å². The van der Waals surface area contributed by atoms with E-state index in [9.17, 15) is 8.42 Å². The van der Waals surface area contributed by atoms with Crippen LogP contribution in [0.3, 0.4) is 0 Å². The van der Waals surface area contributed by atoms with Crippen molar-refractivity contribution in [2.45, 2.75) is 42.4 Å². The van der Waals surface area contributed by atoms with Crippen LogP contribution >= 0.6 is 0 Å². The quantitative estimate of drug-likeness (QED) is 0.902. The predicted octanol–water partition coefficient (Wildman–Crippen LogP) is 1.17. The molecule has 2 fully saturated rings. The van der Waals surface area contributed by atoms with Crippen LogP contribution in [-0.2, 0) is 19.5 Å². The van der Waals surface area contributed by atoms with Gasteiger partial charge >= 0.3 is 0 Å². The van der Waals surface area contributed by atoms with E-state index in [1.54, 1.807) is 12.1 Å². The number of nitrogens with one attached hydrogen (secondary N) is 1. The monoisotopic (exact) mass is 322 g/mol. The summed E-state index contributed by atoms with van der Waals surface area (Å²) in [5.74, 6) is 0. The van der Waals surface area contributed by atoms with Crippen molar-refractivity contribution in [2.75, 3.05) is 13.2 Å². The Balaban J connectivity index is 1.73. The van der Waals surface area contributed by atoms with Gasteiger partial charge in [0.1, 0.15) is 6.07 Å². The summed E-state index contributed by atoms with van der Waals surface area (Å²) in [6, 6.07) is 7.94. The number of hydrogen-bond acceptors (Lipinski definition) is 5. The van der Waals surface area contributed by atoms with Gasteiger partial charge in [-0.15, -0.1) is 0 Å². The fourth-order valence-corrected chi connectivity index (χ4v) is 4.49. The van der Waals surface area contributed by atoms with Crippen LogP contribution < -0.4 is 4.72 Å². The molecule has 0 radical (unpaired) electrons. The molecule has 3 rings (SSSR count). The van der Waals surface area contributed by atoms with Gasteiger partial charge in [0, 0.05) is 6.04 Å². The average molecular weight is 322 g/mol. The van der Waals surface area contributed by atoms with E-state index in [0.717, 1.165) is 6.42 Å². The molecule has 1 heterocycles. The minimum absolute atomic E-state index is 0.0282. The molecule has 118 valence electrons. The number of sulfonamides is 1. The fourth-order valence-electron chi connectivity index (χ4n) is 3.05. The van der Waals surface area contributed by atoms with Crippen LogP contribution in [0.4, 0.5) is 0 Å². The Kier molecular flexibility index (Phi) is 4.45. The third kappa shape index (κ3) is 3.15. The second-order valence-electron chi connectivity index (χ2n) is 5.56. The third-order valence-electron chi connectivity index (χ3n) is 4.10. The molecule has 1 saturated carbocycles. The van der Waals surface area contributed by atoms with Crippen LogP contribution in [0.1, 0.15) is 24.8 Å². The lowest BCUT2D eigenvalue weighted by Crippen LogP contribution is -2.49. The summed E-state index contributed by atoms with van der Waals surface area (Å²) < 4.78 is 39.0. The van der Waals surface area contributed by atoms with Crippen molar-refractivity contribution in [1.29, 1.82) is 5.26 Å². The van der Waals surface area contributed by atoms with Gasteiger partial charge in [-0.25, -0.2) is 13.1 Å². The van der Waals surface area contributed by atoms with Gasteiger partial charge in [0.05, 0.1) is 35.9 Å². The summed E-state index contributed by atoms with van der Waals surface area (Å²) in [6.45, 7) is 1.16. The van der Waals surface area contributed by atoms with Gasteiger partial charge in [-0.1, -0.05) is 12.1 Å². The zero-order valence-corrected chi connectivity index (χ0v) is 12.9. The number of nitrogens with zero attached hydrogens (tertiary/aromatic N) is 1. The number of ether oxygens (including phenoxy) is 2. The molecule has 7 heteroatoms. The minimum atomic E-state index is -3.71. The summed E-state index contributed by atoms with van der Waals surface area (Å²) in [5.41, 5.74) is 0.154.